The van der Waals surface area contributed by atoms with E-state index in [1.165, 1.54) is 13.4 Å². The summed E-state index contributed by atoms with van der Waals surface area (Å²) in [5, 5.41) is 0. The van der Waals surface area contributed by atoms with E-state index in [1.54, 1.807) is 12.3 Å². The zero-order chi connectivity index (χ0) is 8.10. The SMILES string of the molecule is COC(=O)Cc1ccncn1. The summed E-state index contributed by atoms with van der Waals surface area (Å²) in [6, 6.07) is 1.68. The van der Waals surface area contributed by atoms with E-state index in [9.17, 15) is 4.79 Å². The zero-order valence-corrected chi connectivity index (χ0v) is 6.15. The maximum Gasteiger partial charge on any atom is 0.311 e. The highest BCUT2D eigenvalue weighted by atomic mass is 16.5. The molecule has 0 N–H and O–H groups in total. The molecule has 0 aliphatic heterocycles. The van der Waals surface area contributed by atoms with E-state index in [-0.39, 0.29) is 12.4 Å². The van der Waals surface area contributed by atoms with Crippen molar-refractivity contribution < 1.29 is 9.53 Å². The Labute approximate surface area is 64.2 Å². The third kappa shape index (κ3) is 2.33. The van der Waals surface area contributed by atoms with Crippen LogP contribution in [0.4, 0.5) is 0 Å². The van der Waals surface area contributed by atoms with Crippen molar-refractivity contribution in [1.82, 2.24) is 9.97 Å². The fraction of sp³-hybridized carbons (Fsp3) is 0.286. The molecule has 1 aromatic heterocycles. The van der Waals surface area contributed by atoms with E-state index in [0.29, 0.717) is 5.69 Å². The largest absolute Gasteiger partial charge is 0.469 e. The summed E-state index contributed by atoms with van der Waals surface area (Å²) in [4.78, 5) is 18.3. The Kier molecular flexibility index (Phi) is 2.54. The molecule has 58 valence electrons. The first-order chi connectivity index (χ1) is 5.33. The van der Waals surface area contributed by atoms with Gasteiger partial charge in [0.1, 0.15) is 6.33 Å². The first-order valence-electron chi connectivity index (χ1n) is 3.14. The number of carbonyl (C=O) groups excluding carboxylic acids is 1. The minimum absolute atomic E-state index is 0.207. The second-order valence-corrected chi connectivity index (χ2v) is 1.95. The van der Waals surface area contributed by atoms with E-state index in [2.05, 4.69) is 14.7 Å². The molecular formula is C7H8N2O2. The molecular weight excluding hydrogens is 144 g/mol. The van der Waals surface area contributed by atoms with Crippen LogP contribution in [-0.2, 0) is 16.0 Å². The van der Waals surface area contributed by atoms with Crippen LogP contribution in [0.2, 0.25) is 0 Å². The molecule has 1 aromatic rings. The fourth-order valence-corrected chi connectivity index (χ4v) is 0.643. The van der Waals surface area contributed by atoms with E-state index in [0.717, 1.165) is 0 Å². The van der Waals surface area contributed by atoms with Gasteiger partial charge >= 0.3 is 5.97 Å². The molecule has 0 fully saturated rings. The molecule has 4 nitrogen and oxygen atoms in total. The number of rotatable bonds is 2. The fourth-order valence-electron chi connectivity index (χ4n) is 0.643. The molecule has 0 aliphatic rings. The van der Waals surface area contributed by atoms with Gasteiger partial charge in [0.2, 0.25) is 0 Å². The first-order valence-corrected chi connectivity index (χ1v) is 3.14. The van der Waals surface area contributed by atoms with Crippen LogP contribution in [0.15, 0.2) is 18.6 Å². The van der Waals surface area contributed by atoms with Crippen LogP contribution in [0.5, 0.6) is 0 Å². The van der Waals surface area contributed by atoms with E-state index < -0.39 is 0 Å². The van der Waals surface area contributed by atoms with Gasteiger partial charge in [-0.2, -0.15) is 0 Å². The van der Waals surface area contributed by atoms with Gasteiger partial charge < -0.3 is 4.74 Å². The van der Waals surface area contributed by atoms with Crippen LogP contribution in [0.1, 0.15) is 5.69 Å². The number of ether oxygens (including phenoxy) is 1. The van der Waals surface area contributed by atoms with Gasteiger partial charge in [0, 0.05) is 6.20 Å². The molecule has 0 spiro atoms. The van der Waals surface area contributed by atoms with Gasteiger partial charge in [0.15, 0.2) is 0 Å². The monoisotopic (exact) mass is 152 g/mol. The van der Waals surface area contributed by atoms with Crippen LogP contribution in [0.3, 0.4) is 0 Å². The lowest BCUT2D eigenvalue weighted by Gasteiger charge is -1.96. The number of esters is 1. The zero-order valence-electron chi connectivity index (χ0n) is 6.15. The minimum Gasteiger partial charge on any atom is -0.469 e. The van der Waals surface area contributed by atoms with Gasteiger partial charge in [-0.05, 0) is 6.07 Å². The van der Waals surface area contributed by atoms with Crippen molar-refractivity contribution in [3.05, 3.63) is 24.3 Å². The second-order valence-electron chi connectivity index (χ2n) is 1.95. The van der Waals surface area contributed by atoms with E-state index in [1.807, 2.05) is 0 Å². The third-order valence-corrected chi connectivity index (χ3v) is 1.20. The molecule has 11 heavy (non-hydrogen) atoms. The van der Waals surface area contributed by atoms with Crippen LogP contribution >= 0.6 is 0 Å². The number of hydrogen-bond acceptors (Lipinski definition) is 4. The molecule has 0 aromatic carbocycles. The summed E-state index contributed by atoms with van der Waals surface area (Å²) in [5.41, 5.74) is 0.673. The summed E-state index contributed by atoms with van der Waals surface area (Å²) in [6.07, 6.45) is 3.20. The second kappa shape index (κ2) is 3.65. The quantitative estimate of drug-likeness (QED) is 0.568. The molecule has 0 saturated carbocycles. The predicted octanol–water partition coefficient (Wildman–Crippen LogP) is 0.192. The molecule has 1 heterocycles. The number of aromatic nitrogens is 2. The van der Waals surface area contributed by atoms with Crippen LogP contribution in [0.25, 0.3) is 0 Å². The van der Waals surface area contributed by atoms with Crippen LogP contribution in [-0.4, -0.2) is 23.0 Å². The van der Waals surface area contributed by atoms with Gasteiger partial charge in [-0.3, -0.25) is 4.79 Å². The average Bonchev–Trinajstić information content (AvgIpc) is 2.06. The Morgan fingerprint density at radius 1 is 1.73 bits per heavy atom. The van der Waals surface area contributed by atoms with Gasteiger partial charge in [-0.1, -0.05) is 0 Å². The van der Waals surface area contributed by atoms with E-state index in [4.69, 9.17) is 0 Å². The molecule has 0 bridgehead atoms. The standard InChI is InChI=1S/C7H8N2O2/c1-11-7(10)4-6-2-3-8-5-9-6/h2-3,5H,4H2,1H3. The molecule has 0 unspecified atom stereocenters. The maximum absolute atomic E-state index is 10.7. The maximum atomic E-state index is 10.7. The summed E-state index contributed by atoms with van der Waals surface area (Å²) < 4.78 is 4.45. The van der Waals surface area contributed by atoms with Crippen molar-refractivity contribution in [3.8, 4) is 0 Å². The Morgan fingerprint density at radius 2 is 2.55 bits per heavy atom. The molecule has 0 radical (unpaired) electrons. The smallest absolute Gasteiger partial charge is 0.311 e. The van der Waals surface area contributed by atoms with Gasteiger partial charge in [-0.25, -0.2) is 9.97 Å². The highest BCUT2D eigenvalue weighted by molar-refractivity contribution is 5.71. The molecule has 1 rings (SSSR count). The van der Waals surface area contributed by atoms with Crippen molar-refractivity contribution in [3.63, 3.8) is 0 Å². The van der Waals surface area contributed by atoms with E-state index >= 15 is 0 Å². The Hall–Kier alpha value is -1.45. The predicted molar refractivity (Wildman–Crippen MR) is 37.8 cm³/mol. The van der Waals surface area contributed by atoms with Crippen LogP contribution < -0.4 is 0 Å². The van der Waals surface area contributed by atoms with Crippen molar-refractivity contribution in [2.45, 2.75) is 6.42 Å². The molecule has 0 atom stereocenters. The number of carbonyl (C=O) groups is 1. The lowest BCUT2D eigenvalue weighted by atomic mass is 10.3. The van der Waals surface area contributed by atoms with Gasteiger partial charge in [-0.15, -0.1) is 0 Å². The topological polar surface area (TPSA) is 52.1 Å². The molecule has 0 saturated heterocycles. The third-order valence-electron chi connectivity index (χ3n) is 1.20. The highest BCUT2D eigenvalue weighted by Gasteiger charge is 2.01. The van der Waals surface area contributed by atoms with Crippen molar-refractivity contribution >= 4 is 5.97 Å². The van der Waals surface area contributed by atoms with Crippen molar-refractivity contribution in [2.75, 3.05) is 7.11 Å². The molecule has 0 aliphatic carbocycles. The summed E-state index contributed by atoms with van der Waals surface area (Å²) in [5.74, 6) is -0.288. The lowest BCUT2D eigenvalue weighted by molar-refractivity contribution is -0.139. The Balaban J connectivity index is 2.58. The van der Waals surface area contributed by atoms with Crippen molar-refractivity contribution in [1.29, 1.82) is 0 Å². The van der Waals surface area contributed by atoms with Crippen LogP contribution in [0, 0.1) is 0 Å². The normalized spacial score (nSPS) is 9.18. The highest BCUT2D eigenvalue weighted by Crippen LogP contribution is 1.93. The average molecular weight is 152 g/mol. The molecule has 0 amide bonds. The summed E-state index contributed by atoms with van der Waals surface area (Å²) in [6.45, 7) is 0. The Morgan fingerprint density at radius 3 is 3.09 bits per heavy atom. The number of hydrogen-bond donors (Lipinski definition) is 0. The summed E-state index contributed by atoms with van der Waals surface area (Å²) >= 11 is 0. The van der Waals surface area contributed by atoms with Crippen molar-refractivity contribution in [2.24, 2.45) is 0 Å². The first kappa shape index (κ1) is 7.65. The summed E-state index contributed by atoms with van der Waals surface area (Å²) in [7, 11) is 1.35. The number of methoxy groups -OCH3 is 1. The molecule has 4 heteroatoms. The van der Waals surface area contributed by atoms with Gasteiger partial charge in [0.25, 0.3) is 0 Å². The number of nitrogens with zero attached hydrogens (tertiary/aromatic N) is 2. The lowest BCUT2D eigenvalue weighted by Crippen LogP contribution is -2.05. The van der Waals surface area contributed by atoms with Gasteiger partial charge in [0.05, 0.1) is 19.2 Å². The Bertz CT molecular complexity index is 235. The minimum atomic E-state index is -0.288.